The van der Waals surface area contributed by atoms with E-state index in [2.05, 4.69) is 10.2 Å². The SMILES string of the molecule is OC(c1ccnnc1)c1cccc(C(F)(F)F)c1. The van der Waals surface area contributed by atoms with E-state index in [1.165, 1.54) is 30.6 Å². The van der Waals surface area contributed by atoms with Gasteiger partial charge in [0.2, 0.25) is 0 Å². The number of aromatic nitrogens is 2. The molecule has 0 amide bonds. The maximum atomic E-state index is 12.5. The first kappa shape index (κ1) is 12.5. The number of benzene rings is 1. The van der Waals surface area contributed by atoms with Crippen molar-refractivity contribution in [3.8, 4) is 0 Å². The van der Waals surface area contributed by atoms with E-state index in [-0.39, 0.29) is 5.56 Å². The predicted octanol–water partition coefficient (Wildman–Crippen LogP) is 2.58. The Morgan fingerprint density at radius 1 is 1.06 bits per heavy atom. The average molecular weight is 254 g/mol. The zero-order valence-corrected chi connectivity index (χ0v) is 9.09. The van der Waals surface area contributed by atoms with Crippen molar-refractivity contribution in [2.45, 2.75) is 12.3 Å². The van der Waals surface area contributed by atoms with Crippen molar-refractivity contribution in [3.05, 3.63) is 59.4 Å². The Hall–Kier alpha value is -1.95. The highest BCUT2D eigenvalue weighted by atomic mass is 19.4. The topological polar surface area (TPSA) is 46.0 Å². The van der Waals surface area contributed by atoms with Crippen LogP contribution in [0, 0.1) is 0 Å². The maximum absolute atomic E-state index is 12.5. The van der Waals surface area contributed by atoms with Gasteiger partial charge in [0.15, 0.2) is 0 Å². The van der Waals surface area contributed by atoms with Crippen LogP contribution >= 0.6 is 0 Å². The molecule has 6 heteroatoms. The van der Waals surface area contributed by atoms with E-state index in [1.54, 1.807) is 0 Å². The van der Waals surface area contributed by atoms with E-state index >= 15 is 0 Å². The zero-order valence-electron chi connectivity index (χ0n) is 9.09. The molecule has 1 N–H and O–H groups in total. The van der Waals surface area contributed by atoms with E-state index < -0.39 is 17.8 Å². The van der Waals surface area contributed by atoms with Crippen LogP contribution in [0.25, 0.3) is 0 Å². The Labute approximate surface area is 101 Å². The van der Waals surface area contributed by atoms with Gasteiger partial charge in [-0.25, -0.2) is 0 Å². The molecule has 18 heavy (non-hydrogen) atoms. The van der Waals surface area contributed by atoms with Crippen LogP contribution in [0.5, 0.6) is 0 Å². The lowest BCUT2D eigenvalue weighted by molar-refractivity contribution is -0.137. The third-order valence-corrected chi connectivity index (χ3v) is 2.45. The number of aliphatic hydroxyl groups excluding tert-OH is 1. The summed E-state index contributed by atoms with van der Waals surface area (Å²) in [6, 6.07) is 6.07. The normalized spacial score (nSPS) is 13.3. The van der Waals surface area contributed by atoms with Crippen LogP contribution in [0.4, 0.5) is 13.2 Å². The molecule has 0 aliphatic rings. The monoisotopic (exact) mass is 254 g/mol. The first-order valence-corrected chi connectivity index (χ1v) is 5.10. The van der Waals surface area contributed by atoms with Gasteiger partial charge in [0.25, 0.3) is 0 Å². The highest BCUT2D eigenvalue weighted by molar-refractivity contribution is 5.32. The number of halogens is 3. The van der Waals surface area contributed by atoms with Gasteiger partial charge in [-0.2, -0.15) is 23.4 Å². The summed E-state index contributed by atoms with van der Waals surface area (Å²) in [6.45, 7) is 0. The van der Waals surface area contributed by atoms with Gasteiger partial charge in [0, 0.05) is 11.8 Å². The first-order chi connectivity index (χ1) is 8.48. The zero-order chi connectivity index (χ0) is 13.2. The Morgan fingerprint density at radius 2 is 1.83 bits per heavy atom. The molecule has 0 spiro atoms. The summed E-state index contributed by atoms with van der Waals surface area (Å²) in [7, 11) is 0. The molecule has 1 aromatic heterocycles. The van der Waals surface area contributed by atoms with Crippen LogP contribution < -0.4 is 0 Å². The fraction of sp³-hybridized carbons (Fsp3) is 0.167. The van der Waals surface area contributed by atoms with Crippen LogP contribution in [0.1, 0.15) is 22.8 Å². The molecule has 0 fully saturated rings. The van der Waals surface area contributed by atoms with Crippen molar-refractivity contribution < 1.29 is 18.3 Å². The van der Waals surface area contributed by atoms with E-state index in [0.717, 1.165) is 12.1 Å². The van der Waals surface area contributed by atoms with Crippen molar-refractivity contribution in [2.24, 2.45) is 0 Å². The Morgan fingerprint density at radius 3 is 2.44 bits per heavy atom. The fourth-order valence-corrected chi connectivity index (χ4v) is 1.54. The minimum Gasteiger partial charge on any atom is -0.384 e. The summed E-state index contributed by atoms with van der Waals surface area (Å²) in [4.78, 5) is 0. The van der Waals surface area contributed by atoms with Crippen LogP contribution in [-0.4, -0.2) is 15.3 Å². The first-order valence-electron chi connectivity index (χ1n) is 5.10. The van der Waals surface area contributed by atoms with Gasteiger partial charge in [-0.3, -0.25) is 0 Å². The molecule has 1 heterocycles. The summed E-state index contributed by atoms with van der Waals surface area (Å²) >= 11 is 0. The summed E-state index contributed by atoms with van der Waals surface area (Å²) in [6.07, 6.45) is -2.90. The molecule has 94 valence electrons. The molecule has 2 aromatic rings. The fourth-order valence-electron chi connectivity index (χ4n) is 1.54. The molecule has 0 aliphatic heterocycles. The molecule has 0 aliphatic carbocycles. The minimum atomic E-state index is -4.42. The van der Waals surface area contributed by atoms with E-state index in [9.17, 15) is 18.3 Å². The standard InChI is InChI=1S/C12H9F3N2O/c13-12(14,15)10-3-1-2-8(6-10)11(18)9-4-5-16-17-7-9/h1-7,11,18H. The predicted molar refractivity (Wildman–Crippen MR) is 57.5 cm³/mol. The quantitative estimate of drug-likeness (QED) is 0.895. The number of hydrogen-bond donors (Lipinski definition) is 1. The number of nitrogens with zero attached hydrogens (tertiary/aromatic N) is 2. The van der Waals surface area contributed by atoms with Gasteiger partial charge in [0.05, 0.1) is 11.8 Å². The van der Waals surface area contributed by atoms with Crippen LogP contribution in [0.2, 0.25) is 0 Å². The number of hydrogen-bond acceptors (Lipinski definition) is 3. The van der Waals surface area contributed by atoms with Gasteiger partial charge >= 0.3 is 6.18 Å². The summed E-state index contributed by atoms with van der Waals surface area (Å²) in [5, 5.41) is 17.1. The molecule has 1 unspecified atom stereocenters. The van der Waals surface area contributed by atoms with Crippen LogP contribution in [0.15, 0.2) is 42.7 Å². The van der Waals surface area contributed by atoms with Gasteiger partial charge in [-0.05, 0) is 23.8 Å². The lowest BCUT2D eigenvalue weighted by Crippen LogP contribution is -2.07. The van der Waals surface area contributed by atoms with Crippen molar-refractivity contribution in [2.75, 3.05) is 0 Å². The van der Waals surface area contributed by atoms with Gasteiger partial charge in [0.1, 0.15) is 6.10 Å². The Balaban J connectivity index is 2.35. The van der Waals surface area contributed by atoms with Crippen LogP contribution in [-0.2, 0) is 6.18 Å². The average Bonchev–Trinajstić information content (AvgIpc) is 2.38. The maximum Gasteiger partial charge on any atom is 0.416 e. The Kier molecular flexibility index (Phi) is 3.29. The molecule has 3 nitrogen and oxygen atoms in total. The molecule has 0 radical (unpaired) electrons. The largest absolute Gasteiger partial charge is 0.416 e. The molecule has 0 saturated carbocycles. The van der Waals surface area contributed by atoms with E-state index in [1.807, 2.05) is 0 Å². The van der Waals surface area contributed by atoms with Crippen molar-refractivity contribution in [3.63, 3.8) is 0 Å². The lowest BCUT2D eigenvalue weighted by Gasteiger charge is -2.13. The number of alkyl halides is 3. The second-order valence-corrected chi connectivity index (χ2v) is 3.70. The lowest BCUT2D eigenvalue weighted by atomic mass is 10.0. The third kappa shape index (κ3) is 2.65. The van der Waals surface area contributed by atoms with E-state index in [0.29, 0.717) is 5.56 Å². The van der Waals surface area contributed by atoms with Crippen molar-refractivity contribution in [1.82, 2.24) is 10.2 Å². The van der Waals surface area contributed by atoms with Crippen LogP contribution in [0.3, 0.4) is 0 Å². The molecule has 1 atom stereocenters. The van der Waals surface area contributed by atoms with Gasteiger partial charge < -0.3 is 5.11 Å². The number of rotatable bonds is 2. The van der Waals surface area contributed by atoms with Crippen molar-refractivity contribution >= 4 is 0 Å². The van der Waals surface area contributed by atoms with Gasteiger partial charge in [-0.15, -0.1) is 0 Å². The van der Waals surface area contributed by atoms with Gasteiger partial charge in [-0.1, -0.05) is 12.1 Å². The van der Waals surface area contributed by atoms with Crippen molar-refractivity contribution in [1.29, 1.82) is 0 Å². The second kappa shape index (κ2) is 4.73. The summed E-state index contributed by atoms with van der Waals surface area (Å²) in [5.74, 6) is 0. The highest BCUT2D eigenvalue weighted by Gasteiger charge is 2.30. The molecule has 0 saturated heterocycles. The minimum absolute atomic E-state index is 0.165. The smallest absolute Gasteiger partial charge is 0.384 e. The molecule has 0 bridgehead atoms. The number of aliphatic hydroxyl groups is 1. The summed E-state index contributed by atoms with van der Waals surface area (Å²) < 4.78 is 37.6. The highest BCUT2D eigenvalue weighted by Crippen LogP contribution is 2.31. The molecular weight excluding hydrogens is 245 g/mol. The van der Waals surface area contributed by atoms with E-state index in [4.69, 9.17) is 0 Å². The molecule has 1 aromatic carbocycles. The second-order valence-electron chi connectivity index (χ2n) is 3.70. The summed E-state index contributed by atoms with van der Waals surface area (Å²) in [5.41, 5.74) is -0.233. The Bertz CT molecular complexity index is 528. The molecular formula is C12H9F3N2O. The third-order valence-electron chi connectivity index (χ3n) is 2.45. The molecule has 2 rings (SSSR count).